The number of carbonyl (C=O) groups is 2. The predicted molar refractivity (Wildman–Crippen MR) is 122 cm³/mol. The molecular formula is C26H30N2O4. The number of nitrogens with zero attached hydrogens (tertiary/aromatic N) is 1. The van der Waals surface area contributed by atoms with E-state index >= 15 is 0 Å². The molecule has 1 saturated heterocycles. The number of benzene rings is 2. The van der Waals surface area contributed by atoms with Crippen LogP contribution in [0.15, 0.2) is 41.5 Å². The van der Waals surface area contributed by atoms with Crippen molar-refractivity contribution in [2.75, 3.05) is 0 Å². The molecule has 32 heavy (non-hydrogen) atoms. The van der Waals surface area contributed by atoms with Gasteiger partial charge in [-0.3, -0.25) is 9.59 Å². The fourth-order valence-electron chi connectivity index (χ4n) is 6.38. The second-order valence-electron chi connectivity index (χ2n) is 10.1. The number of hydrogen-bond donors (Lipinski definition) is 2. The zero-order chi connectivity index (χ0) is 22.6. The van der Waals surface area contributed by atoms with E-state index in [0.29, 0.717) is 0 Å². The van der Waals surface area contributed by atoms with E-state index in [0.717, 1.165) is 42.2 Å². The minimum Gasteiger partial charge on any atom is -0.507 e. The van der Waals surface area contributed by atoms with Gasteiger partial charge in [0, 0.05) is 23.5 Å². The maximum absolute atomic E-state index is 12.8. The van der Waals surface area contributed by atoms with Gasteiger partial charge in [-0.05, 0) is 54.0 Å². The summed E-state index contributed by atoms with van der Waals surface area (Å²) in [4.78, 5) is 25.1. The third kappa shape index (κ3) is 3.28. The van der Waals surface area contributed by atoms with Crippen molar-refractivity contribution in [1.82, 2.24) is 5.43 Å². The first-order chi connectivity index (χ1) is 15.3. The zero-order valence-electron chi connectivity index (χ0n) is 18.8. The molecule has 3 aliphatic rings. The molecule has 0 radical (unpaired) electrons. The monoisotopic (exact) mass is 434 g/mol. The normalized spacial score (nSPS) is 35.3. The summed E-state index contributed by atoms with van der Waals surface area (Å²) in [6.07, 6.45) is 3.82. The molecule has 6 atom stereocenters. The lowest BCUT2D eigenvalue weighted by atomic mass is 9.53. The Morgan fingerprint density at radius 2 is 1.88 bits per heavy atom. The number of hydrogen-bond acceptors (Lipinski definition) is 5. The molecule has 1 heterocycles. The van der Waals surface area contributed by atoms with Gasteiger partial charge < -0.3 is 9.84 Å². The van der Waals surface area contributed by atoms with Crippen LogP contribution in [0.1, 0.15) is 56.8 Å². The Kier molecular flexibility index (Phi) is 4.99. The van der Waals surface area contributed by atoms with E-state index in [9.17, 15) is 14.7 Å². The molecule has 1 aliphatic heterocycles. The Balaban J connectivity index is 1.38. The van der Waals surface area contributed by atoms with Gasteiger partial charge in [0.1, 0.15) is 11.9 Å². The highest BCUT2D eigenvalue weighted by atomic mass is 16.6. The van der Waals surface area contributed by atoms with Gasteiger partial charge >= 0.3 is 5.97 Å². The Morgan fingerprint density at radius 3 is 2.62 bits per heavy atom. The zero-order valence-corrected chi connectivity index (χ0v) is 18.8. The lowest BCUT2D eigenvalue weighted by Gasteiger charge is -2.52. The first-order valence-electron chi connectivity index (χ1n) is 11.6. The highest BCUT2D eigenvalue weighted by Crippen LogP contribution is 2.57. The number of phenolic OH excluding ortho intramolecular Hbond substituents is 1. The molecule has 0 bridgehead atoms. The summed E-state index contributed by atoms with van der Waals surface area (Å²) in [5.74, 6) is -0.0445. The fourth-order valence-corrected chi connectivity index (χ4v) is 6.38. The van der Waals surface area contributed by atoms with Crippen LogP contribution < -0.4 is 5.43 Å². The maximum Gasteiger partial charge on any atom is 0.309 e. The van der Waals surface area contributed by atoms with Crippen LogP contribution in [0, 0.1) is 29.1 Å². The number of rotatable bonds is 2. The number of phenols is 1. The SMILES string of the molecule is CC1C(=O)OC2C1CCC1(C)CCC(=NNC(=O)c3cc4ccccc4cc3O)C(C)C21. The Labute approximate surface area is 188 Å². The minimum atomic E-state index is -0.427. The molecule has 2 N–H and O–H groups in total. The summed E-state index contributed by atoms with van der Waals surface area (Å²) in [5.41, 5.74) is 3.92. The van der Waals surface area contributed by atoms with Gasteiger partial charge in [0.15, 0.2) is 0 Å². The number of fused-ring (bicyclic) bond motifs is 4. The summed E-state index contributed by atoms with van der Waals surface area (Å²) in [5, 5.41) is 16.6. The van der Waals surface area contributed by atoms with Crippen molar-refractivity contribution >= 4 is 28.4 Å². The van der Waals surface area contributed by atoms with E-state index < -0.39 is 5.91 Å². The Hall–Kier alpha value is -2.89. The molecule has 6 unspecified atom stereocenters. The maximum atomic E-state index is 12.8. The van der Waals surface area contributed by atoms with Gasteiger partial charge in [-0.15, -0.1) is 0 Å². The number of esters is 1. The van der Waals surface area contributed by atoms with E-state index in [1.165, 1.54) is 0 Å². The topological polar surface area (TPSA) is 88.0 Å². The smallest absolute Gasteiger partial charge is 0.309 e. The van der Waals surface area contributed by atoms with E-state index in [1.807, 2.05) is 31.2 Å². The minimum absolute atomic E-state index is 0.0466. The van der Waals surface area contributed by atoms with Crippen LogP contribution in [0.4, 0.5) is 0 Å². The van der Waals surface area contributed by atoms with Crippen LogP contribution in [0.25, 0.3) is 10.8 Å². The van der Waals surface area contributed by atoms with Crippen molar-refractivity contribution in [1.29, 1.82) is 0 Å². The number of ether oxygens (including phenoxy) is 1. The quantitative estimate of drug-likeness (QED) is 0.532. The van der Waals surface area contributed by atoms with Crippen LogP contribution in [-0.2, 0) is 9.53 Å². The Bertz CT molecular complexity index is 1130. The van der Waals surface area contributed by atoms with Gasteiger partial charge in [0.05, 0.1) is 11.5 Å². The second kappa shape index (κ2) is 7.61. The van der Waals surface area contributed by atoms with Gasteiger partial charge in [-0.2, -0.15) is 5.10 Å². The molecular weight excluding hydrogens is 404 g/mol. The summed E-state index contributed by atoms with van der Waals surface area (Å²) < 4.78 is 5.87. The van der Waals surface area contributed by atoms with Crippen LogP contribution in [-0.4, -0.2) is 28.8 Å². The molecule has 0 spiro atoms. The summed E-state index contributed by atoms with van der Waals surface area (Å²) >= 11 is 0. The van der Waals surface area contributed by atoms with Gasteiger partial charge in [-0.25, -0.2) is 5.43 Å². The number of aromatic hydroxyl groups is 1. The van der Waals surface area contributed by atoms with Crippen molar-refractivity contribution in [2.24, 2.45) is 34.2 Å². The third-order valence-electron chi connectivity index (χ3n) is 8.32. The van der Waals surface area contributed by atoms with E-state index in [4.69, 9.17) is 4.74 Å². The van der Waals surface area contributed by atoms with E-state index in [2.05, 4.69) is 24.4 Å². The first-order valence-corrected chi connectivity index (χ1v) is 11.6. The summed E-state index contributed by atoms with van der Waals surface area (Å²) in [6.45, 7) is 6.43. The molecule has 2 aromatic carbocycles. The standard InChI is InChI=1S/C26H30N2O4/c1-14-18-8-10-26(3)11-9-20(15(2)22(26)23(18)32-25(14)31)27-28-24(30)19-12-16-6-4-5-7-17(16)13-21(19)29/h4-7,12-15,18,22-23,29H,8-11H2,1-3H3,(H,28,30). The number of hydrazone groups is 1. The highest BCUT2D eigenvalue weighted by Gasteiger charge is 2.58. The van der Waals surface area contributed by atoms with Crippen molar-refractivity contribution in [3.63, 3.8) is 0 Å². The van der Waals surface area contributed by atoms with E-state index in [-0.39, 0.29) is 52.5 Å². The molecule has 5 rings (SSSR count). The second-order valence-corrected chi connectivity index (χ2v) is 10.1. The molecule has 168 valence electrons. The average Bonchev–Trinajstić information content (AvgIpc) is 3.05. The molecule has 3 fully saturated rings. The fraction of sp³-hybridized carbons (Fsp3) is 0.500. The van der Waals surface area contributed by atoms with Crippen LogP contribution in [0.2, 0.25) is 0 Å². The first kappa shape index (κ1) is 21.0. The molecule has 6 heteroatoms. The van der Waals surface area contributed by atoms with Crippen molar-refractivity contribution in [3.05, 3.63) is 42.0 Å². The van der Waals surface area contributed by atoms with E-state index in [1.54, 1.807) is 12.1 Å². The third-order valence-corrected chi connectivity index (χ3v) is 8.32. The van der Waals surface area contributed by atoms with Gasteiger partial charge in [-0.1, -0.05) is 45.0 Å². The predicted octanol–water partition coefficient (Wildman–Crippen LogP) is 4.66. The lowest BCUT2D eigenvalue weighted by Crippen LogP contribution is -2.52. The lowest BCUT2D eigenvalue weighted by molar-refractivity contribution is -0.150. The molecule has 2 aliphatic carbocycles. The largest absolute Gasteiger partial charge is 0.507 e. The Morgan fingerprint density at radius 1 is 1.16 bits per heavy atom. The van der Waals surface area contributed by atoms with Crippen molar-refractivity contribution in [3.8, 4) is 5.75 Å². The number of carbonyl (C=O) groups excluding carboxylic acids is 2. The molecule has 6 nitrogen and oxygen atoms in total. The van der Waals surface area contributed by atoms with Crippen molar-refractivity contribution < 1.29 is 19.4 Å². The number of amides is 1. The molecule has 0 aromatic heterocycles. The van der Waals surface area contributed by atoms with Gasteiger partial charge in [0.25, 0.3) is 5.91 Å². The number of nitrogens with one attached hydrogen (secondary N) is 1. The van der Waals surface area contributed by atoms with Gasteiger partial charge in [0.2, 0.25) is 0 Å². The summed E-state index contributed by atoms with van der Waals surface area (Å²) in [7, 11) is 0. The van der Waals surface area contributed by atoms with Crippen LogP contribution in [0.5, 0.6) is 5.75 Å². The highest BCUT2D eigenvalue weighted by molar-refractivity contribution is 6.02. The van der Waals surface area contributed by atoms with Crippen LogP contribution in [0.3, 0.4) is 0 Å². The average molecular weight is 435 g/mol. The molecule has 1 amide bonds. The summed E-state index contributed by atoms with van der Waals surface area (Å²) in [6, 6.07) is 10.9. The molecule has 2 saturated carbocycles. The molecule has 2 aromatic rings. The van der Waals surface area contributed by atoms with Crippen LogP contribution >= 0.6 is 0 Å². The van der Waals surface area contributed by atoms with Crippen molar-refractivity contribution in [2.45, 2.75) is 52.6 Å².